The van der Waals surface area contributed by atoms with Crippen LogP contribution >= 0.6 is 0 Å². The average molecular weight is 184 g/mol. The lowest BCUT2D eigenvalue weighted by Crippen LogP contribution is -1.98. The molecule has 1 aromatic rings. The number of benzene rings is 1. The molecular formula is C12H12N2. The third kappa shape index (κ3) is 1.49. The first-order chi connectivity index (χ1) is 6.81. The van der Waals surface area contributed by atoms with Crippen LogP contribution in [0.1, 0.15) is 29.9 Å². The van der Waals surface area contributed by atoms with Crippen molar-refractivity contribution in [3.05, 3.63) is 41.5 Å². The van der Waals surface area contributed by atoms with Crippen molar-refractivity contribution in [1.82, 2.24) is 0 Å². The van der Waals surface area contributed by atoms with Gasteiger partial charge in [-0.25, -0.2) is 0 Å². The van der Waals surface area contributed by atoms with Crippen molar-refractivity contribution in [2.45, 2.75) is 18.8 Å². The molecular weight excluding hydrogens is 172 g/mol. The fourth-order valence-electron chi connectivity index (χ4n) is 1.87. The van der Waals surface area contributed by atoms with E-state index in [0.29, 0.717) is 11.5 Å². The lowest BCUT2D eigenvalue weighted by atomic mass is 9.96. The Kier molecular flexibility index (Phi) is 2.24. The number of allylic oxidation sites excluding steroid dienone is 2. The first kappa shape index (κ1) is 8.83. The molecule has 2 N–H and O–H groups in total. The molecule has 0 fully saturated rings. The van der Waals surface area contributed by atoms with Crippen molar-refractivity contribution in [1.29, 1.82) is 5.26 Å². The number of nitrogens with zero attached hydrogens (tertiary/aromatic N) is 1. The number of rotatable bonds is 1. The van der Waals surface area contributed by atoms with Gasteiger partial charge >= 0.3 is 0 Å². The van der Waals surface area contributed by atoms with E-state index >= 15 is 0 Å². The molecule has 1 aromatic carbocycles. The summed E-state index contributed by atoms with van der Waals surface area (Å²) in [5.74, 6) is 0.447. The van der Waals surface area contributed by atoms with E-state index in [1.54, 1.807) is 6.07 Å². The van der Waals surface area contributed by atoms with Gasteiger partial charge in [0.05, 0.1) is 11.6 Å². The van der Waals surface area contributed by atoms with Crippen LogP contribution < -0.4 is 5.73 Å². The maximum atomic E-state index is 8.70. The monoisotopic (exact) mass is 184 g/mol. The molecule has 0 heterocycles. The fourth-order valence-corrected chi connectivity index (χ4v) is 1.87. The number of nitrogen functional groups attached to an aromatic ring is 1. The minimum atomic E-state index is 0.447. The number of hydrogen-bond donors (Lipinski definition) is 1. The first-order valence-corrected chi connectivity index (χ1v) is 4.77. The van der Waals surface area contributed by atoms with Gasteiger partial charge in [-0.1, -0.05) is 18.2 Å². The van der Waals surface area contributed by atoms with Gasteiger partial charge in [-0.2, -0.15) is 5.26 Å². The van der Waals surface area contributed by atoms with Gasteiger partial charge in [0.1, 0.15) is 0 Å². The number of anilines is 1. The predicted octanol–water partition coefficient (Wildman–Crippen LogP) is 2.57. The summed E-state index contributed by atoms with van der Waals surface area (Å²) in [6.07, 6.45) is 6.64. The molecule has 0 aliphatic heterocycles. The number of nitriles is 1. The molecule has 2 rings (SSSR count). The minimum Gasteiger partial charge on any atom is -0.398 e. The molecule has 0 saturated carbocycles. The Labute approximate surface area is 83.7 Å². The molecule has 1 atom stereocenters. The summed E-state index contributed by atoms with van der Waals surface area (Å²) < 4.78 is 0. The highest BCUT2D eigenvalue weighted by Crippen LogP contribution is 2.32. The summed E-state index contributed by atoms with van der Waals surface area (Å²) in [6, 6.07) is 7.64. The predicted molar refractivity (Wildman–Crippen MR) is 56.7 cm³/mol. The summed E-state index contributed by atoms with van der Waals surface area (Å²) in [6.45, 7) is 0. The molecule has 0 amide bonds. The standard InChI is InChI=1S/C12H12N2/c13-8-9-5-6-11(12(14)7-9)10-3-1-2-4-10/h1,3,5-7,10H,2,4,14H2. The van der Waals surface area contributed by atoms with Crippen molar-refractivity contribution in [2.75, 3.05) is 5.73 Å². The van der Waals surface area contributed by atoms with Crippen molar-refractivity contribution in [3.63, 3.8) is 0 Å². The van der Waals surface area contributed by atoms with Gasteiger partial charge in [0.15, 0.2) is 0 Å². The van der Waals surface area contributed by atoms with Gasteiger partial charge in [-0.3, -0.25) is 0 Å². The summed E-state index contributed by atoms with van der Waals surface area (Å²) in [5, 5.41) is 8.70. The first-order valence-electron chi connectivity index (χ1n) is 4.77. The Morgan fingerprint density at radius 3 is 2.86 bits per heavy atom. The molecule has 0 bridgehead atoms. The molecule has 1 aliphatic carbocycles. The SMILES string of the molecule is N#Cc1ccc(C2C=CCC2)c(N)c1. The molecule has 1 aliphatic rings. The highest BCUT2D eigenvalue weighted by atomic mass is 14.6. The van der Waals surface area contributed by atoms with Crippen LogP contribution in [0.5, 0.6) is 0 Å². The summed E-state index contributed by atoms with van der Waals surface area (Å²) in [7, 11) is 0. The van der Waals surface area contributed by atoms with Crippen molar-refractivity contribution in [2.24, 2.45) is 0 Å². The quantitative estimate of drug-likeness (QED) is 0.538. The molecule has 1 unspecified atom stereocenters. The molecule has 2 nitrogen and oxygen atoms in total. The second kappa shape index (κ2) is 3.55. The highest BCUT2D eigenvalue weighted by molar-refractivity contribution is 5.54. The van der Waals surface area contributed by atoms with E-state index in [-0.39, 0.29) is 0 Å². The van der Waals surface area contributed by atoms with Crippen molar-refractivity contribution < 1.29 is 0 Å². The van der Waals surface area contributed by atoms with E-state index in [4.69, 9.17) is 11.0 Å². The van der Waals surface area contributed by atoms with Crippen LogP contribution in [0.3, 0.4) is 0 Å². The Balaban J connectivity index is 2.36. The van der Waals surface area contributed by atoms with E-state index < -0.39 is 0 Å². The van der Waals surface area contributed by atoms with Gasteiger partial charge in [-0.05, 0) is 30.5 Å². The molecule has 70 valence electrons. The van der Waals surface area contributed by atoms with E-state index in [2.05, 4.69) is 18.2 Å². The minimum absolute atomic E-state index is 0.447. The van der Waals surface area contributed by atoms with E-state index in [9.17, 15) is 0 Å². The van der Waals surface area contributed by atoms with Crippen LogP contribution in [-0.4, -0.2) is 0 Å². The van der Waals surface area contributed by atoms with Gasteiger partial charge in [-0.15, -0.1) is 0 Å². The van der Waals surface area contributed by atoms with Gasteiger partial charge in [0.25, 0.3) is 0 Å². The zero-order valence-corrected chi connectivity index (χ0v) is 7.90. The van der Waals surface area contributed by atoms with Crippen LogP contribution in [0, 0.1) is 11.3 Å². The molecule has 0 spiro atoms. The summed E-state index contributed by atoms with van der Waals surface area (Å²) in [5.41, 5.74) is 8.41. The topological polar surface area (TPSA) is 49.8 Å². The van der Waals surface area contributed by atoms with Gasteiger partial charge < -0.3 is 5.73 Å². The zero-order valence-electron chi connectivity index (χ0n) is 7.90. The Hall–Kier alpha value is -1.75. The summed E-state index contributed by atoms with van der Waals surface area (Å²) >= 11 is 0. The van der Waals surface area contributed by atoms with E-state index in [1.807, 2.05) is 12.1 Å². The third-order valence-electron chi connectivity index (χ3n) is 2.63. The molecule has 0 radical (unpaired) electrons. The van der Waals surface area contributed by atoms with Crippen LogP contribution in [-0.2, 0) is 0 Å². The average Bonchev–Trinajstić information content (AvgIpc) is 2.70. The van der Waals surface area contributed by atoms with Gasteiger partial charge in [0.2, 0.25) is 0 Å². The van der Waals surface area contributed by atoms with Crippen LogP contribution in [0.15, 0.2) is 30.4 Å². The largest absolute Gasteiger partial charge is 0.398 e. The fraction of sp³-hybridized carbons (Fsp3) is 0.250. The lowest BCUT2D eigenvalue weighted by molar-refractivity contribution is 0.803. The van der Waals surface area contributed by atoms with E-state index in [0.717, 1.165) is 24.1 Å². The maximum Gasteiger partial charge on any atom is 0.0992 e. The molecule has 0 saturated heterocycles. The van der Waals surface area contributed by atoms with Crippen LogP contribution in [0.4, 0.5) is 5.69 Å². The molecule has 14 heavy (non-hydrogen) atoms. The second-order valence-electron chi connectivity index (χ2n) is 3.57. The van der Waals surface area contributed by atoms with Gasteiger partial charge in [0, 0.05) is 11.6 Å². The smallest absolute Gasteiger partial charge is 0.0992 e. The Bertz CT molecular complexity index is 413. The molecule has 0 aromatic heterocycles. The van der Waals surface area contributed by atoms with Crippen molar-refractivity contribution >= 4 is 5.69 Å². The van der Waals surface area contributed by atoms with Crippen molar-refractivity contribution in [3.8, 4) is 6.07 Å². The number of nitrogens with two attached hydrogens (primary N) is 1. The summed E-state index contributed by atoms with van der Waals surface area (Å²) in [4.78, 5) is 0. The normalized spacial score (nSPS) is 19.5. The van der Waals surface area contributed by atoms with Crippen LogP contribution in [0.2, 0.25) is 0 Å². The lowest BCUT2D eigenvalue weighted by Gasteiger charge is -2.11. The maximum absolute atomic E-state index is 8.70. The molecule has 2 heteroatoms. The number of hydrogen-bond acceptors (Lipinski definition) is 2. The highest BCUT2D eigenvalue weighted by Gasteiger charge is 2.14. The Morgan fingerprint density at radius 2 is 2.29 bits per heavy atom. The zero-order chi connectivity index (χ0) is 9.97. The third-order valence-corrected chi connectivity index (χ3v) is 2.63. The Morgan fingerprint density at radius 1 is 1.43 bits per heavy atom. The second-order valence-corrected chi connectivity index (χ2v) is 3.57. The van der Waals surface area contributed by atoms with Crippen LogP contribution in [0.25, 0.3) is 0 Å². The van der Waals surface area contributed by atoms with E-state index in [1.165, 1.54) is 0 Å².